The molecule has 0 bridgehead atoms. The van der Waals surface area contributed by atoms with Crippen molar-refractivity contribution in [1.82, 2.24) is 15.0 Å². The molecule has 0 atom stereocenters. The Hall–Kier alpha value is -3.42. The first-order valence-corrected chi connectivity index (χ1v) is 7.00. The molecule has 1 amide bonds. The van der Waals surface area contributed by atoms with Crippen molar-refractivity contribution >= 4 is 5.91 Å². The van der Waals surface area contributed by atoms with Crippen LogP contribution < -0.4 is 15.2 Å². The largest absolute Gasteiger partial charge is 0.497 e. The third-order valence-electron chi connectivity index (χ3n) is 3.12. The fourth-order valence-corrected chi connectivity index (χ4v) is 2.00. The number of carbonyl (C=O) groups is 1. The standard InChI is InChI=1S/C16H14N4O4/c1-22-12-4-2-3-10(7-12)15-20-11(8-23-15)9-24-16-13(14(17)21)18-5-6-19-16/h2-8H,9H2,1H3,(H2,17,21). The summed E-state index contributed by atoms with van der Waals surface area (Å²) in [6.45, 7) is 0.0619. The van der Waals surface area contributed by atoms with Crippen LogP contribution in [0.4, 0.5) is 0 Å². The first kappa shape index (κ1) is 15.5. The maximum atomic E-state index is 11.3. The van der Waals surface area contributed by atoms with Crippen molar-refractivity contribution < 1.29 is 18.7 Å². The van der Waals surface area contributed by atoms with Gasteiger partial charge in [-0.2, -0.15) is 0 Å². The fraction of sp³-hybridized carbons (Fsp3) is 0.125. The molecule has 2 aromatic heterocycles. The number of methoxy groups -OCH3 is 1. The predicted molar refractivity (Wildman–Crippen MR) is 83.4 cm³/mol. The summed E-state index contributed by atoms with van der Waals surface area (Å²) in [4.78, 5) is 23.4. The molecule has 122 valence electrons. The molecule has 24 heavy (non-hydrogen) atoms. The van der Waals surface area contributed by atoms with Gasteiger partial charge in [0, 0.05) is 18.0 Å². The lowest BCUT2D eigenvalue weighted by atomic mass is 10.2. The number of benzene rings is 1. The van der Waals surface area contributed by atoms with Crippen molar-refractivity contribution in [2.45, 2.75) is 6.61 Å². The zero-order valence-corrected chi connectivity index (χ0v) is 12.8. The van der Waals surface area contributed by atoms with Gasteiger partial charge >= 0.3 is 0 Å². The van der Waals surface area contributed by atoms with E-state index in [1.54, 1.807) is 7.11 Å². The molecule has 0 unspecified atom stereocenters. The Morgan fingerprint density at radius 3 is 2.92 bits per heavy atom. The molecule has 0 aliphatic carbocycles. The van der Waals surface area contributed by atoms with Gasteiger partial charge < -0.3 is 19.6 Å². The van der Waals surface area contributed by atoms with Crippen LogP contribution >= 0.6 is 0 Å². The van der Waals surface area contributed by atoms with Gasteiger partial charge in [0.15, 0.2) is 5.69 Å². The van der Waals surface area contributed by atoms with Crippen LogP contribution in [0.1, 0.15) is 16.2 Å². The number of ether oxygens (including phenoxy) is 2. The van der Waals surface area contributed by atoms with E-state index in [1.807, 2.05) is 24.3 Å². The Morgan fingerprint density at radius 1 is 1.29 bits per heavy atom. The maximum Gasteiger partial charge on any atom is 0.272 e. The van der Waals surface area contributed by atoms with Crippen LogP contribution in [-0.4, -0.2) is 28.0 Å². The van der Waals surface area contributed by atoms with Crippen molar-refractivity contribution in [3.05, 3.63) is 54.3 Å². The van der Waals surface area contributed by atoms with E-state index in [1.165, 1.54) is 18.7 Å². The van der Waals surface area contributed by atoms with Crippen molar-refractivity contribution in [1.29, 1.82) is 0 Å². The van der Waals surface area contributed by atoms with Crippen LogP contribution in [0.15, 0.2) is 47.3 Å². The molecule has 0 saturated carbocycles. The summed E-state index contributed by atoms with van der Waals surface area (Å²) in [6.07, 6.45) is 4.24. The van der Waals surface area contributed by atoms with Crippen molar-refractivity contribution in [2.24, 2.45) is 5.73 Å². The minimum Gasteiger partial charge on any atom is -0.497 e. The highest BCUT2D eigenvalue weighted by molar-refractivity contribution is 5.92. The average Bonchev–Trinajstić information content (AvgIpc) is 3.09. The third-order valence-corrected chi connectivity index (χ3v) is 3.12. The summed E-state index contributed by atoms with van der Waals surface area (Å²) < 4.78 is 16.1. The lowest BCUT2D eigenvalue weighted by Crippen LogP contribution is -2.15. The smallest absolute Gasteiger partial charge is 0.272 e. The molecular formula is C16H14N4O4. The lowest BCUT2D eigenvalue weighted by Gasteiger charge is -2.05. The second-order valence-corrected chi connectivity index (χ2v) is 4.74. The highest BCUT2D eigenvalue weighted by Crippen LogP contribution is 2.23. The molecular weight excluding hydrogens is 312 g/mol. The van der Waals surface area contributed by atoms with E-state index in [4.69, 9.17) is 19.6 Å². The molecule has 0 spiro atoms. The molecule has 0 fully saturated rings. The minimum atomic E-state index is -0.713. The SMILES string of the molecule is COc1cccc(-c2nc(COc3nccnc3C(N)=O)co2)c1. The number of amides is 1. The molecule has 2 N–H and O–H groups in total. The zero-order valence-electron chi connectivity index (χ0n) is 12.8. The summed E-state index contributed by atoms with van der Waals surface area (Å²) in [5, 5.41) is 0. The van der Waals surface area contributed by atoms with Crippen LogP contribution in [-0.2, 0) is 6.61 Å². The quantitative estimate of drug-likeness (QED) is 0.735. The Kier molecular flexibility index (Phi) is 4.37. The Labute approximate surface area is 137 Å². The van der Waals surface area contributed by atoms with Gasteiger partial charge in [0.2, 0.25) is 11.8 Å². The maximum absolute atomic E-state index is 11.3. The van der Waals surface area contributed by atoms with Gasteiger partial charge in [-0.05, 0) is 18.2 Å². The van der Waals surface area contributed by atoms with Gasteiger partial charge in [-0.3, -0.25) is 4.79 Å². The third kappa shape index (κ3) is 3.32. The molecule has 1 aromatic carbocycles. The number of nitrogens with two attached hydrogens (primary N) is 1. The number of hydrogen-bond acceptors (Lipinski definition) is 7. The number of rotatable bonds is 6. The molecule has 0 aliphatic heterocycles. The van der Waals surface area contributed by atoms with E-state index in [0.29, 0.717) is 17.3 Å². The fourth-order valence-electron chi connectivity index (χ4n) is 2.00. The molecule has 8 heteroatoms. The van der Waals surface area contributed by atoms with E-state index < -0.39 is 5.91 Å². The molecule has 8 nitrogen and oxygen atoms in total. The zero-order chi connectivity index (χ0) is 16.9. The number of aromatic nitrogens is 3. The van der Waals surface area contributed by atoms with Gasteiger partial charge in [0.25, 0.3) is 5.91 Å². The van der Waals surface area contributed by atoms with Crippen molar-refractivity contribution in [3.8, 4) is 23.1 Å². The van der Waals surface area contributed by atoms with E-state index in [0.717, 1.165) is 5.56 Å². The number of carbonyl (C=O) groups excluding carboxylic acids is 1. The number of primary amides is 1. The first-order valence-electron chi connectivity index (χ1n) is 7.00. The van der Waals surface area contributed by atoms with E-state index in [-0.39, 0.29) is 18.2 Å². The van der Waals surface area contributed by atoms with Gasteiger partial charge in [0.05, 0.1) is 7.11 Å². The lowest BCUT2D eigenvalue weighted by molar-refractivity contribution is 0.0989. The Balaban J connectivity index is 1.74. The monoisotopic (exact) mass is 326 g/mol. The second kappa shape index (κ2) is 6.78. The summed E-state index contributed by atoms with van der Waals surface area (Å²) in [5.74, 6) is 0.474. The highest BCUT2D eigenvalue weighted by Gasteiger charge is 2.14. The number of nitrogens with zero attached hydrogens (tertiary/aromatic N) is 3. The molecule has 0 aliphatic rings. The predicted octanol–water partition coefficient (Wildman–Crippen LogP) is 1.82. The molecule has 3 aromatic rings. The van der Waals surface area contributed by atoms with Crippen molar-refractivity contribution in [3.63, 3.8) is 0 Å². The number of hydrogen-bond donors (Lipinski definition) is 1. The van der Waals surface area contributed by atoms with Crippen LogP contribution in [0, 0.1) is 0 Å². The Bertz CT molecular complexity index is 863. The van der Waals surface area contributed by atoms with Gasteiger partial charge in [-0.25, -0.2) is 15.0 Å². The summed E-state index contributed by atoms with van der Waals surface area (Å²) in [7, 11) is 1.59. The highest BCUT2D eigenvalue weighted by atomic mass is 16.5. The molecule has 0 saturated heterocycles. The second-order valence-electron chi connectivity index (χ2n) is 4.74. The summed E-state index contributed by atoms with van der Waals surface area (Å²) in [5.41, 5.74) is 6.50. The van der Waals surface area contributed by atoms with Crippen LogP contribution in [0.5, 0.6) is 11.6 Å². The molecule has 0 radical (unpaired) electrons. The number of oxazole rings is 1. The van der Waals surface area contributed by atoms with Crippen LogP contribution in [0.25, 0.3) is 11.5 Å². The average molecular weight is 326 g/mol. The van der Waals surface area contributed by atoms with Crippen molar-refractivity contribution in [2.75, 3.05) is 7.11 Å². The Morgan fingerprint density at radius 2 is 2.12 bits per heavy atom. The topological polar surface area (TPSA) is 113 Å². The van der Waals surface area contributed by atoms with Crippen LogP contribution in [0.2, 0.25) is 0 Å². The molecule has 2 heterocycles. The van der Waals surface area contributed by atoms with Gasteiger partial charge in [-0.15, -0.1) is 0 Å². The van der Waals surface area contributed by atoms with Crippen LogP contribution in [0.3, 0.4) is 0 Å². The summed E-state index contributed by atoms with van der Waals surface area (Å²) >= 11 is 0. The van der Waals surface area contributed by atoms with Gasteiger partial charge in [0.1, 0.15) is 24.3 Å². The van der Waals surface area contributed by atoms with E-state index in [2.05, 4.69) is 15.0 Å². The van der Waals surface area contributed by atoms with Gasteiger partial charge in [-0.1, -0.05) is 6.07 Å². The minimum absolute atomic E-state index is 0.0333. The normalized spacial score (nSPS) is 10.4. The first-order chi connectivity index (χ1) is 11.7. The molecule has 3 rings (SSSR count). The summed E-state index contributed by atoms with van der Waals surface area (Å²) in [6, 6.07) is 7.33. The van der Waals surface area contributed by atoms with E-state index in [9.17, 15) is 4.79 Å². The van der Waals surface area contributed by atoms with E-state index >= 15 is 0 Å².